The average Bonchev–Trinajstić information content (AvgIpc) is 4.02. The van der Waals surface area contributed by atoms with Crippen LogP contribution in [-0.4, -0.2) is 21.8 Å². The van der Waals surface area contributed by atoms with Crippen LogP contribution < -0.4 is 20.7 Å². The van der Waals surface area contributed by atoms with Gasteiger partial charge < -0.3 is 13.7 Å². The van der Waals surface area contributed by atoms with Gasteiger partial charge in [0, 0.05) is 49.4 Å². The molecule has 0 radical (unpaired) electrons. The first-order valence-corrected chi connectivity index (χ1v) is 24.5. The predicted octanol–water partition coefficient (Wildman–Crippen LogP) is 12.7. The van der Waals surface area contributed by atoms with Crippen molar-refractivity contribution >= 4 is 94.2 Å². The minimum atomic E-state index is -3.17. The third-order valence-electron chi connectivity index (χ3n) is 14.0. The smallest absolute Gasteiger partial charge is 0.182 e. The summed E-state index contributed by atoms with van der Waals surface area (Å²) in [6, 6.07) is 90.2. The summed E-state index contributed by atoms with van der Waals surface area (Å²) in [5, 5.41) is 13.0. The van der Waals surface area contributed by atoms with E-state index in [0.29, 0.717) is 0 Å². The topological polar surface area (TPSA) is 14.8 Å². The van der Waals surface area contributed by atoms with E-state index in [1.165, 1.54) is 97.4 Å². The normalized spacial score (nSPS) is 12.1. The second kappa shape index (κ2) is 14.7. The summed E-state index contributed by atoms with van der Waals surface area (Å²) in [4.78, 5) is 0. The number of para-hydroxylation sites is 6. The monoisotopic (exact) mass is 845 g/mol. The molecule has 0 aliphatic heterocycles. The Hall–Kier alpha value is -8.18. The van der Waals surface area contributed by atoms with E-state index < -0.39 is 8.07 Å². The first kappa shape index (κ1) is 37.4. The van der Waals surface area contributed by atoms with Crippen molar-refractivity contribution in [1.29, 1.82) is 0 Å². The van der Waals surface area contributed by atoms with E-state index in [0.717, 1.165) is 11.4 Å². The molecule has 0 aliphatic rings. The lowest BCUT2D eigenvalue weighted by Gasteiger charge is -2.37. The highest BCUT2D eigenvalue weighted by Crippen LogP contribution is 2.42. The molecule has 3 heterocycles. The summed E-state index contributed by atoms with van der Waals surface area (Å²) >= 11 is 0. The van der Waals surface area contributed by atoms with Crippen molar-refractivity contribution in [3.8, 4) is 17.1 Å². The predicted molar refractivity (Wildman–Crippen MR) is 278 cm³/mol. The molecule has 0 amide bonds. The quantitative estimate of drug-likeness (QED) is 0.112. The van der Waals surface area contributed by atoms with E-state index >= 15 is 0 Å². The fourth-order valence-corrected chi connectivity index (χ4v) is 16.6. The molecule has 0 N–H and O–H groups in total. The second-order valence-corrected chi connectivity index (χ2v) is 21.0. The van der Waals surface area contributed by atoms with E-state index in [-0.39, 0.29) is 0 Å². The highest BCUT2D eigenvalue weighted by atomic mass is 28.3. The standard InChI is InChI=1S/C61H43N3Si/c1-42-52(64-55-36-19-16-32-51(55)59-56(64)41-40-50-48-31-15-18-35-54(48)63(61(50)59)44-24-8-3-9-25-44)37-21-38-57(42)65(45-26-10-4-11-27-45,46-28-12-5-13-29-46)58-39-20-33-49-47-30-14-17-34-53(47)62(60(49)58)43-22-6-2-7-23-43/h2-41H,1H3. The molecular formula is C61H43N3Si. The third kappa shape index (κ3) is 5.35. The van der Waals surface area contributed by atoms with Gasteiger partial charge in [-0.25, -0.2) is 0 Å². The molecule has 0 bridgehead atoms. The van der Waals surface area contributed by atoms with Crippen molar-refractivity contribution < 1.29 is 0 Å². The zero-order chi connectivity index (χ0) is 43.1. The minimum Gasteiger partial charge on any atom is -0.309 e. The lowest BCUT2D eigenvalue weighted by molar-refractivity contribution is 1.15. The SMILES string of the molecule is Cc1c(-n2c3ccccc3c3c2ccc2c4ccccc4n(-c4ccccc4)c23)cccc1[Si](c1ccccc1)(c1ccccc1)c1cccc2c3ccccc3n(-c3ccccc3)c12. The van der Waals surface area contributed by atoms with Gasteiger partial charge in [0.1, 0.15) is 0 Å². The number of fused-ring (bicyclic) bond motifs is 10. The summed E-state index contributed by atoms with van der Waals surface area (Å²) in [5.41, 5.74) is 12.1. The van der Waals surface area contributed by atoms with Crippen LogP contribution >= 0.6 is 0 Å². The molecule has 65 heavy (non-hydrogen) atoms. The third-order valence-corrected chi connectivity index (χ3v) is 18.9. The van der Waals surface area contributed by atoms with Crippen LogP contribution in [0.15, 0.2) is 243 Å². The summed E-state index contributed by atoms with van der Waals surface area (Å²) in [6.07, 6.45) is 0. The molecule has 0 saturated heterocycles. The molecule has 10 aromatic carbocycles. The minimum absolute atomic E-state index is 1.16. The van der Waals surface area contributed by atoms with Gasteiger partial charge in [-0.05, 0) is 87.8 Å². The first-order chi connectivity index (χ1) is 32.2. The van der Waals surface area contributed by atoms with Crippen LogP contribution in [0.25, 0.3) is 82.5 Å². The lowest BCUT2D eigenvalue weighted by atomic mass is 10.1. The van der Waals surface area contributed by atoms with Crippen molar-refractivity contribution in [3.63, 3.8) is 0 Å². The molecule has 0 fully saturated rings. The van der Waals surface area contributed by atoms with Crippen LogP contribution in [0, 0.1) is 6.92 Å². The fraction of sp³-hybridized carbons (Fsp3) is 0.0164. The van der Waals surface area contributed by atoms with Gasteiger partial charge in [0.2, 0.25) is 0 Å². The molecule has 13 aromatic rings. The maximum absolute atomic E-state index is 3.17. The van der Waals surface area contributed by atoms with Crippen molar-refractivity contribution in [2.75, 3.05) is 0 Å². The Morgan fingerprint density at radius 2 is 0.723 bits per heavy atom. The van der Waals surface area contributed by atoms with Gasteiger partial charge in [0.15, 0.2) is 8.07 Å². The number of hydrogen-bond acceptors (Lipinski definition) is 0. The molecule has 0 spiro atoms. The lowest BCUT2D eigenvalue weighted by Crippen LogP contribution is -2.75. The zero-order valence-corrected chi connectivity index (χ0v) is 36.9. The summed E-state index contributed by atoms with van der Waals surface area (Å²) < 4.78 is 7.55. The molecule has 0 saturated carbocycles. The van der Waals surface area contributed by atoms with E-state index in [2.05, 4.69) is 263 Å². The van der Waals surface area contributed by atoms with Crippen LogP contribution in [0.1, 0.15) is 5.56 Å². The second-order valence-electron chi connectivity index (χ2n) is 17.2. The molecule has 3 aromatic heterocycles. The Morgan fingerprint density at radius 1 is 0.292 bits per heavy atom. The maximum atomic E-state index is 2.55. The molecule has 4 heteroatoms. The van der Waals surface area contributed by atoms with Gasteiger partial charge in [0.05, 0.1) is 33.1 Å². The molecule has 0 atom stereocenters. The van der Waals surface area contributed by atoms with Crippen LogP contribution in [0.2, 0.25) is 0 Å². The van der Waals surface area contributed by atoms with Gasteiger partial charge in [-0.2, -0.15) is 0 Å². The highest BCUT2D eigenvalue weighted by Gasteiger charge is 2.45. The van der Waals surface area contributed by atoms with E-state index in [9.17, 15) is 0 Å². The Labute approximate surface area is 378 Å². The van der Waals surface area contributed by atoms with Crippen molar-refractivity contribution in [2.45, 2.75) is 6.92 Å². The average molecular weight is 846 g/mol. The van der Waals surface area contributed by atoms with Gasteiger partial charge in [-0.3, -0.25) is 0 Å². The highest BCUT2D eigenvalue weighted by molar-refractivity contribution is 7.21. The maximum Gasteiger partial charge on any atom is 0.182 e. The first-order valence-electron chi connectivity index (χ1n) is 22.5. The van der Waals surface area contributed by atoms with Crippen molar-refractivity contribution in [2.24, 2.45) is 0 Å². The molecule has 3 nitrogen and oxygen atoms in total. The molecule has 0 aliphatic carbocycles. The van der Waals surface area contributed by atoms with E-state index in [4.69, 9.17) is 0 Å². The van der Waals surface area contributed by atoms with E-state index in [1.54, 1.807) is 0 Å². The summed E-state index contributed by atoms with van der Waals surface area (Å²) in [5.74, 6) is 0. The van der Waals surface area contributed by atoms with Crippen molar-refractivity contribution in [1.82, 2.24) is 13.7 Å². The molecular weight excluding hydrogens is 803 g/mol. The molecule has 0 unspecified atom stereocenters. The van der Waals surface area contributed by atoms with Crippen LogP contribution in [0.4, 0.5) is 0 Å². The zero-order valence-electron chi connectivity index (χ0n) is 35.9. The summed E-state index contributed by atoms with van der Waals surface area (Å²) in [7, 11) is -3.17. The Bertz CT molecular complexity index is 3900. The molecule has 306 valence electrons. The number of nitrogens with zero attached hydrogens (tertiary/aromatic N) is 3. The summed E-state index contributed by atoms with van der Waals surface area (Å²) in [6.45, 7) is 2.38. The number of rotatable bonds is 7. The van der Waals surface area contributed by atoms with Gasteiger partial charge in [-0.15, -0.1) is 0 Å². The van der Waals surface area contributed by atoms with Gasteiger partial charge in [0.25, 0.3) is 0 Å². The van der Waals surface area contributed by atoms with Gasteiger partial charge in [-0.1, -0.05) is 188 Å². The Balaban J connectivity index is 1.18. The fourth-order valence-electron chi connectivity index (χ4n) is 11.4. The van der Waals surface area contributed by atoms with Crippen LogP contribution in [0.5, 0.6) is 0 Å². The Morgan fingerprint density at radius 3 is 1.31 bits per heavy atom. The van der Waals surface area contributed by atoms with Crippen LogP contribution in [0.3, 0.4) is 0 Å². The van der Waals surface area contributed by atoms with Crippen LogP contribution in [-0.2, 0) is 0 Å². The number of benzene rings is 10. The molecule has 13 rings (SSSR count). The van der Waals surface area contributed by atoms with Gasteiger partial charge >= 0.3 is 0 Å². The number of hydrogen-bond donors (Lipinski definition) is 0. The Kier molecular flexibility index (Phi) is 8.45. The van der Waals surface area contributed by atoms with E-state index in [1.807, 2.05) is 0 Å². The number of aromatic nitrogens is 3. The largest absolute Gasteiger partial charge is 0.309 e. The van der Waals surface area contributed by atoms with Crippen molar-refractivity contribution in [3.05, 3.63) is 248 Å².